The monoisotopic (exact) mass is 779 g/mol. The van der Waals surface area contributed by atoms with Gasteiger partial charge in [0.15, 0.2) is 34.5 Å². The average Bonchev–Trinajstić information content (AvgIpc) is 3.07. The molecule has 0 saturated heterocycles. The maximum absolute atomic E-state index is 6.86. The molecule has 2 atom stereocenters. The van der Waals surface area contributed by atoms with Crippen molar-refractivity contribution in [3.05, 3.63) is 94.0 Å². The molecule has 4 aliphatic heterocycles. The molecular weight excluding hydrogens is 731 g/mol. The number of benzene rings is 4. The summed E-state index contributed by atoms with van der Waals surface area (Å²) < 4.78 is 39.0. The molecule has 0 saturated carbocycles. The lowest BCUT2D eigenvalue weighted by Crippen LogP contribution is -3.00. The van der Waals surface area contributed by atoms with Gasteiger partial charge in [-0.2, -0.15) is 0 Å². The van der Waals surface area contributed by atoms with Crippen LogP contribution in [0.1, 0.15) is 45.5 Å². The van der Waals surface area contributed by atoms with Crippen molar-refractivity contribution in [1.82, 2.24) is 0 Å². The fraction of sp³-hybridized carbons (Fsp3) is 0.400. The highest BCUT2D eigenvalue weighted by molar-refractivity contribution is 5.62. The number of likely N-dealkylation sites (N-methyl/N-ethyl adjacent to an activating group) is 2. The van der Waals surface area contributed by atoms with Gasteiger partial charge in [-0.05, 0) is 64.7 Å². The lowest BCUT2D eigenvalue weighted by atomic mass is 9.85. The number of fused-ring (bicyclic) bond motifs is 2. The predicted octanol–water partition coefficient (Wildman–Crippen LogP) is 4.46. The van der Waals surface area contributed by atoms with Crippen LogP contribution in [0.3, 0.4) is 0 Å². The van der Waals surface area contributed by atoms with Crippen LogP contribution in [0.15, 0.2) is 60.7 Å². The van der Waals surface area contributed by atoms with Crippen LogP contribution in [0.25, 0.3) is 0 Å². The van der Waals surface area contributed by atoms with Gasteiger partial charge >= 0.3 is 0 Å². The molecule has 8 nitrogen and oxygen atoms in total. The second kappa shape index (κ2) is 13.6. The minimum Gasteiger partial charge on any atom is -1.00 e. The van der Waals surface area contributed by atoms with E-state index in [9.17, 15) is 0 Å². The predicted molar refractivity (Wildman–Crippen MR) is 186 cm³/mol. The lowest BCUT2D eigenvalue weighted by Gasteiger charge is -2.43. The van der Waals surface area contributed by atoms with Gasteiger partial charge < -0.3 is 61.4 Å². The number of hydrogen-bond acceptors (Lipinski definition) is 6. The van der Waals surface area contributed by atoms with Gasteiger partial charge in [0.25, 0.3) is 0 Å². The van der Waals surface area contributed by atoms with E-state index in [-0.39, 0.29) is 36.1 Å². The van der Waals surface area contributed by atoms with E-state index in [1.807, 2.05) is 6.07 Å². The van der Waals surface area contributed by atoms with Crippen LogP contribution in [0.4, 0.5) is 0 Å². The standard InChI is InChI=1S/C40H48N2O6.HI/c1-41(2)17-15-27-22-34(44-6)36-24-30(27)31(41)19-25-9-12-29(13-10-25)47-40-38-28(23-37(45-7)39(40)46-8)16-18-42(3,4)32(38)20-26-11-14-33(43-5)35(21-26)48-36;/h9-14,21-24,31-32H,15-20H2,1-8H3;1H/q+2;/p-1/t31-,32-;/m0./s1. The third kappa shape index (κ3) is 6.41. The summed E-state index contributed by atoms with van der Waals surface area (Å²) in [7, 11) is 16.0. The van der Waals surface area contributed by atoms with E-state index in [0.717, 1.165) is 76.1 Å². The summed E-state index contributed by atoms with van der Waals surface area (Å²) in [6.07, 6.45) is 3.50. The molecule has 8 rings (SSSR count). The fourth-order valence-corrected chi connectivity index (χ4v) is 7.95. The molecule has 9 heteroatoms. The first-order valence-corrected chi connectivity index (χ1v) is 16.8. The van der Waals surface area contributed by atoms with Crippen molar-refractivity contribution >= 4 is 0 Å². The Labute approximate surface area is 307 Å². The Morgan fingerprint density at radius 1 is 0.592 bits per heavy atom. The van der Waals surface area contributed by atoms with E-state index in [1.54, 1.807) is 28.4 Å². The number of methoxy groups -OCH3 is 4. The van der Waals surface area contributed by atoms with Crippen molar-refractivity contribution in [3.63, 3.8) is 0 Å². The topological polar surface area (TPSA) is 55.4 Å². The molecule has 4 aromatic carbocycles. The number of nitrogens with zero attached hydrogens (tertiary/aromatic N) is 2. The number of ether oxygens (including phenoxy) is 6. The average molecular weight is 780 g/mol. The van der Waals surface area contributed by atoms with Crippen molar-refractivity contribution in [2.45, 2.75) is 37.8 Å². The molecule has 0 aromatic heterocycles. The summed E-state index contributed by atoms with van der Waals surface area (Å²) in [5, 5.41) is 0. The first kappa shape index (κ1) is 35.2. The Kier molecular flexibility index (Phi) is 9.74. The van der Waals surface area contributed by atoms with Gasteiger partial charge in [0, 0.05) is 31.2 Å². The van der Waals surface area contributed by atoms with Crippen LogP contribution in [0.2, 0.25) is 0 Å². The molecule has 0 aliphatic carbocycles. The van der Waals surface area contributed by atoms with Crippen molar-refractivity contribution in [3.8, 4) is 46.0 Å². The summed E-state index contributed by atoms with van der Waals surface area (Å²) in [6, 6.07) is 21.6. The van der Waals surface area contributed by atoms with Crippen LogP contribution in [0, 0.1) is 0 Å². The minimum atomic E-state index is 0. The lowest BCUT2D eigenvalue weighted by molar-refractivity contribution is -0.923. The van der Waals surface area contributed by atoms with E-state index >= 15 is 0 Å². The number of halogens is 1. The first-order chi connectivity index (χ1) is 23.0. The maximum atomic E-state index is 6.86. The van der Waals surface area contributed by atoms with Crippen LogP contribution >= 0.6 is 0 Å². The quantitative estimate of drug-likeness (QED) is 0.226. The van der Waals surface area contributed by atoms with Crippen molar-refractivity contribution in [2.75, 3.05) is 69.7 Å². The molecule has 0 fully saturated rings. The molecule has 4 aromatic rings. The van der Waals surface area contributed by atoms with E-state index in [4.69, 9.17) is 28.4 Å². The number of rotatable bonds is 4. The Bertz CT molecular complexity index is 1860. The highest BCUT2D eigenvalue weighted by Gasteiger charge is 2.41. The number of hydrogen-bond donors (Lipinski definition) is 0. The van der Waals surface area contributed by atoms with Gasteiger partial charge in [-0.25, -0.2) is 0 Å². The maximum Gasteiger partial charge on any atom is 0.204 e. The summed E-state index contributed by atoms with van der Waals surface area (Å²) in [4.78, 5) is 0. The molecule has 49 heavy (non-hydrogen) atoms. The fourth-order valence-electron chi connectivity index (χ4n) is 7.95. The molecular formula is C40H48IN2O6+. The van der Waals surface area contributed by atoms with Crippen LogP contribution in [-0.2, 0) is 25.7 Å². The SMILES string of the molecule is COc1ccc2cc1Oc1cc3c(cc1OC)CC[N+](C)(C)[C@H]3Cc1ccc(cc1)Oc1c(OC)c(OC)cc3c1[C@H](C2)[N+](C)(C)CC3.[I-]. The molecule has 0 amide bonds. The molecule has 260 valence electrons. The zero-order chi connectivity index (χ0) is 33.8. The van der Waals surface area contributed by atoms with Crippen molar-refractivity contribution < 1.29 is 61.4 Å². The third-order valence-electron chi connectivity index (χ3n) is 10.9. The van der Waals surface area contributed by atoms with E-state index in [1.165, 1.54) is 22.3 Å². The zero-order valence-corrected chi connectivity index (χ0v) is 32.1. The van der Waals surface area contributed by atoms with Crippen molar-refractivity contribution in [2.24, 2.45) is 0 Å². The first-order valence-electron chi connectivity index (χ1n) is 16.8. The Balaban J connectivity index is 0.00000417. The highest BCUT2D eigenvalue weighted by Crippen LogP contribution is 2.52. The molecule has 4 heterocycles. The third-order valence-corrected chi connectivity index (χ3v) is 10.9. The zero-order valence-electron chi connectivity index (χ0n) is 29.9. The molecule has 0 N–H and O–H groups in total. The van der Waals surface area contributed by atoms with E-state index in [0.29, 0.717) is 28.7 Å². The van der Waals surface area contributed by atoms with Gasteiger partial charge in [-0.15, -0.1) is 0 Å². The molecule has 0 unspecified atom stereocenters. The van der Waals surface area contributed by atoms with Crippen LogP contribution < -0.4 is 52.4 Å². The molecule has 0 radical (unpaired) electrons. The highest BCUT2D eigenvalue weighted by atomic mass is 127. The smallest absolute Gasteiger partial charge is 0.204 e. The number of quaternary nitrogens is 2. The molecule has 4 aliphatic rings. The summed E-state index contributed by atoms with van der Waals surface area (Å²) in [5.74, 6) is 5.54. The minimum absolute atomic E-state index is 0. The van der Waals surface area contributed by atoms with Crippen LogP contribution in [-0.4, -0.2) is 78.7 Å². The Morgan fingerprint density at radius 2 is 1.18 bits per heavy atom. The molecule has 0 spiro atoms. The summed E-state index contributed by atoms with van der Waals surface area (Å²) >= 11 is 0. The van der Waals surface area contributed by atoms with Crippen LogP contribution in [0.5, 0.6) is 46.0 Å². The van der Waals surface area contributed by atoms with Gasteiger partial charge in [0.2, 0.25) is 5.75 Å². The normalized spacial score (nSPS) is 19.8. The van der Waals surface area contributed by atoms with E-state index in [2.05, 4.69) is 82.8 Å². The summed E-state index contributed by atoms with van der Waals surface area (Å²) in [6.45, 7) is 2.01. The van der Waals surface area contributed by atoms with Crippen molar-refractivity contribution in [1.29, 1.82) is 0 Å². The van der Waals surface area contributed by atoms with Gasteiger partial charge in [0.05, 0.1) is 75.3 Å². The second-order valence-corrected chi connectivity index (χ2v) is 14.5. The Morgan fingerprint density at radius 3 is 1.86 bits per heavy atom. The largest absolute Gasteiger partial charge is 1.00 e. The summed E-state index contributed by atoms with van der Waals surface area (Å²) in [5.41, 5.74) is 7.34. The Hall–Kier alpha value is -3.67. The second-order valence-electron chi connectivity index (χ2n) is 14.5. The van der Waals surface area contributed by atoms with Gasteiger partial charge in [0.1, 0.15) is 17.8 Å². The van der Waals surface area contributed by atoms with Gasteiger partial charge in [-0.3, -0.25) is 0 Å². The van der Waals surface area contributed by atoms with E-state index < -0.39 is 0 Å². The molecule has 6 bridgehead atoms. The van der Waals surface area contributed by atoms with Gasteiger partial charge in [-0.1, -0.05) is 18.2 Å².